The van der Waals surface area contributed by atoms with Gasteiger partial charge in [-0.1, -0.05) is 29.8 Å². The summed E-state index contributed by atoms with van der Waals surface area (Å²) in [6, 6.07) is 9.68. The molecule has 0 unspecified atom stereocenters. The van der Waals surface area contributed by atoms with Crippen molar-refractivity contribution >= 4 is 23.4 Å². The van der Waals surface area contributed by atoms with E-state index in [1.165, 1.54) is 0 Å². The van der Waals surface area contributed by atoms with Gasteiger partial charge in [0.1, 0.15) is 6.04 Å². The molecule has 2 N–H and O–H groups in total. The summed E-state index contributed by atoms with van der Waals surface area (Å²) in [5.41, 5.74) is 1.23. The molecule has 2 rings (SSSR count). The first-order valence-corrected chi connectivity index (χ1v) is 7.17. The van der Waals surface area contributed by atoms with E-state index in [-0.39, 0.29) is 11.8 Å². The first-order chi connectivity index (χ1) is 10.6. The smallest absolute Gasteiger partial charge is 0.253 e. The highest BCUT2D eigenvalue weighted by Gasteiger charge is 2.17. The SMILES string of the molecule is C[C@H](NC(=O)c1ccccc1Cl)C(=O)NCc1cccnc1. The lowest BCUT2D eigenvalue weighted by atomic mass is 10.2. The molecule has 0 radical (unpaired) electrons. The van der Waals surface area contributed by atoms with Crippen molar-refractivity contribution in [1.29, 1.82) is 0 Å². The van der Waals surface area contributed by atoms with Crippen LogP contribution >= 0.6 is 11.6 Å². The predicted molar refractivity (Wildman–Crippen MR) is 84.5 cm³/mol. The van der Waals surface area contributed by atoms with E-state index in [0.29, 0.717) is 17.1 Å². The molecule has 0 spiro atoms. The molecule has 114 valence electrons. The van der Waals surface area contributed by atoms with Gasteiger partial charge in [-0.2, -0.15) is 0 Å². The van der Waals surface area contributed by atoms with Crippen molar-refractivity contribution in [3.05, 3.63) is 64.9 Å². The molecule has 22 heavy (non-hydrogen) atoms. The number of aromatic nitrogens is 1. The van der Waals surface area contributed by atoms with Crippen LogP contribution < -0.4 is 10.6 Å². The lowest BCUT2D eigenvalue weighted by molar-refractivity contribution is -0.122. The Morgan fingerprint density at radius 1 is 1.23 bits per heavy atom. The number of carbonyl (C=O) groups is 2. The third-order valence-corrected chi connectivity index (χ3v) is 3.38. The number of nitrogens with zero attached hydrogens (tertiary/aromatic N) is 1. The maximum atomic E-state index is 12.1. The van der Waals surface area contributed by atoms with Crippen molar-refractivity contribution in [2.45, 2.75) is 19.5 Å². The Morgan fingerprint density at radius 3 is 2.68 bits per heavy atom. The molecule has 2 amide bonds. The molecule has 0 aliphatic heterocycles. The fourth-order valence-electron chi connectivity index (χ4n) is 1.83. The Kier molecular flexibility index (Phi) is 5.49. The van der Waals surface area contributed by atoms with E-state index in [4.69, 9.17) is 11.6 Å². The standard InChI is InChI=1S/C16H16ClN3O2/c1-11(15(21)19-10-12-5-4-8-18-9-12)20-16(22)13-6-2-3-7-14(13)17/h2-9,11H,10H2,1H3,(H,19,21)(H,20,22)/t11-/m0/s1. The van der Waals surface area contributed by atoms with Crippen LogP contribution in [0.4, 0.5) is 0 Å². The molecule has 1 atom stereocenters. The number of carbonyl (C=O) groups excluding carboxylic acids is 2. The fraction of sp³-hybridized carbons (Fsp3) is 0.188. The third-order valence-electron chi connectivity index (χ3n) is 3.05. The number of halogens is 1. The minimum Gasteiger partial charge on any atom is -0.350 e. The summed E-state index contributed by atoms with van der Waals surface area (Å²) < 4.78 is 0. The van der Waals surface area contributed by atoms with Crippen LogP contribution in [0.3, 0.4) is 0 Å². The lowest BCUT2D eigenvalue weighted by Crippen LogP contribution is -2.44. The number of rotatable bonds is 5. The van der Waals surface area contributed by atoms with E-state index in [9.17, 15) is 9.59 Å². The van der Waals surface area contributed by atoms with Crippen LogP contribution in [0.5, 0.6) is 0 Å². The zero-order valence-electron chi connectivity index (χ0n) is 12.0. The third kappa shape index (κ3) is 4.30. The van der Waals surface area contributed by atoms with Crippen LogP contribution in [0.2, 0.25) is 5.02 Å². The summed E-state index contributed by atoms with van der Waals surface area (Å²) in [6.45, 7) is 1.98. The van der Waals surface area contributed by atoms with Gasteiger partial charge < -0.3 is 10.6 Å². The molecule has 0 saturated heterocycles. The van der Waals surface area contributed by atoms with Crippen LogP contribution in [-0.4, -0.2) is 22.8 Å². The van der Waals surface area contributed by atoms with Gasteiger partial charge in [-0.25, -0.2) is 0 Å². The molecule has 0 aliphatic carbocycles. The molecule has 0 fully saturated rings. The lowest BCUT2D eigenvalue weighted by Gasteiger charge is -2.14. The maximum absolute atomic E-state index is 12.1. The largest absolute Gasteiger partial charge is 0.350 e. The Morgan fingerprint density at radius 2 is 2.00 bits per heavy atom. The Hall–Kier alpha value is -2.40. The van der Waals surface area contributed by atoms with Gasteiger partial charge in [0.05, 0.1) is 10.6 Å². The molecule has 1 aromatic heterocycles. The number of benzene rings is 1. The molecule has 2 aromatic rings. The summed E-state index contributed by atoms with van der Waals surface area (Å²) in [7, 11) is 0. The molecular weight excluding hydrogens is 302 g/mol. The van der Waals surface area contributed by atoms with Crippen LogP contribution in [0.25, 0.3) is 0 Å². The molecule has 0 saturated carbocycles. The fourth-order valence-corrected chi connectivity index (χ4v) is 2.05. The highest BCUT2D eigenvalue weighted by molar-refractivity contribution is 6.33. The summed E-state index contributed by atoms with van der Waals surface area (Å²) in [4.78, 5) is 28.0. The molecule has 1 aromatic carbocycles. The predicted octanol–water partition coefficient (Wildman–Crippen LogP) is 2.17. The van der Waals surface area contributed by atoms with E-state index in [2.05, 4.69) is 15.6 Å². The summed E-state index contributed by atoms with van der Waals surface area (Å²) >= 11 is 5.96. The van der Waals surface area contributed by atoms with Crippen LogP contribution in [-0.2, 0) is 11.3 Å². The number of hydrogen-bond acceptors (Lipinski definition) is 3. The maximum Gasteiger partial charge on any atom is 0.253 e. The van der Waals surface area contributed by atoms with Gasteiger partial charge in [0.15, 0.2) is 0 Å². The van der Waals surface area contributed by atoms with E-state index < -0.39 is 6.04 Å². The molecule has 0 bridgehead atoms. The van der Waals surface area contributed by atoms with E-state index in [1.807, 2.05) is 6.07 Å². The first kappa shape index (κ1) is 16.0. The number of amides is 2. The topological polar surface area (TPSA) is 71.1 Å². The Bertz CT molecular complexity index is 661. The van der Waals surface area contributed by atoms with Crippen molar-refractivity contribution in [2.75, 3.05) is 0 Å². The van der Waals surface area contributed by atoms with Gasteiger partial charge >= 0.3 is 0 Å². The second kappa shape index (κ2) is 7.56. The minimum atomic E-state index is -0.666. The Labute approximate surface area is 133 Å². The number of pyridine rings is 1. The second-order valence-electron chi connectivity index (χ2n) is 4.75. The van der Waals surface area contributed by atoms with Gasteiger partial charge in [-0.05, 0) is 30.7 Å². The van der Waals surface area contributed by atoms with Crippen LogP contribution in [0.1, 0.15) is 22.8 Å². The van der Waals surface area contributed by atoms with Crippen LogP contribution in [0, 0.1) is 0 Å². The quantitative estimate of drug-likeness (QED) is 0.888. The van der Waals surface area contributed by atoms with Crippen molar-refractivity contribution in [3.63, 3.8) is 0 Å². The van der Waals surface area contributed by atoms with Crippen molar-refractivity contribution in [1.82, 2.24) is 15.6 Å². The average Bonchev–Trinajstić information content (AvgIpc) is 2.53. The summed E-state index contributed by atoms with van der Waals surface area (Å²) in [5.74, 6) is -0.654. The molecular formula is C16H16ClN3O2. The van der Waals surface area contributed by atoms with Crippen molar-refractivity contribution in [2.24, 2.45) is 0 Å². The molecule has 1 heterocycles. The van der Waals surface area contributed by atoms with Crippen molar-refractivity contribution in [3.8, 4) is 0 Å². The highest BCUT2D eigenvalue weighted by Crippen LogP contribution is 2.14. The first-order valence-electron chi connectivity index (χ1n) is 6.80. The van der Waals surface area contributed by atoms with Gasteiger partial charge in [0.25, 0.3) is 5.91 Å². The summed E-state index contributed by atoms with van der Waals surface area (Å²) in [6.07, 6.45) is 3.34. The highest BCUT2D eigenvalue weighted by atomic mass is 35.5. The van der Waals surface area contributed by atoms with Gasteiger partial charge in [-0.3, -0.25) is 14.6 Å². The van der Waals surface area contributed by atoms with Gasteiger partial charge in [0, 0.05) is 18.9 Å². The molecule has 5 nitrogen and oxygen atoms in total. The zero-order chi connectivity index (χ0) is 15.9. The normalized spacial score (nSPS) is 11.5. The Balaban J connectivity index is 1.89. The monoisotopic (exact) mass is 317 g/mol. The van der Waals surface area contributed by atoms with Gasteiger partial charge in [0.2, 0.25) is 5.91 Å². The molecule has 6 heteroatoms. The van der Waals surface area contributed by atoms with E-state index in [0.717, 1.165) is 5.56 Å². The number of hydrogen-bond donors (Lipinski definition) is 2. The summed E-state index contributed by atoms with van der Waals surface area (Å²) in [5, 5.41) is 5.72. The molecule has 0 aliphatic rings. The zero-order valence-corrected chi connectivity index (χ0v) is 12.8. The van der Waals surface area contributed by atoms with E-state index in [1.54, 1.807) is 49.6 Å². The van der Waals surface area contributed by atoms with Gasteiger partial charge in [-0.15, -0.1) is 0 Å². The second-order valence-corrected chi connectivity index (χ2v) is 5.16. The average molecular weight is 318 g/mol. The van der Waals surface area contributed by atoms with Crippen molar-refractivity contribution < 1.29 is 9.59 Å². The minimum absolute atomic E-state index is 0.274. The number of nitrogens with one attached hydrogen (secondary N) is 2. The van der Waals surface area contributed by atoms with E-state index >= 15 is 0 Å². The van der Waals surface area contributed by atoms with Crippen LogP contribution in [0.15, 0.2) is 48.8 Å².